The van der Waals surface area contributed by atoms with Gasteiger partial charge in [0.15, 0.2) is 0 Å². The van der Waals surface area contributed by atoms with Crippen LogP contribution < -0.4 is 64.6 Å². The molecule has 0 spiro atoms. The van der Waals surface area contributed by atoms with Crippen molar-refractivity contribution in [2.24, 2.45) is 16.9 Å². The van der Waals surface area contributed by atoms with Crippen LogP contribution in [-0.2, 0) is 68.2 Å². The molecule has 0 radical (unpaired) electrons. The summed E-state index contributed by atoms with van der Waals surface area (Å²) in [5.41, 5.74) is 10.2. The Morgan fingerprint density at radius 2 is 1.40 bits per heavy atom. The number of nitrogens with two attached hydrogens (primary N) is 2. The molecule has 0 unspecified atom stereocenters. The van der Waals surface area contributed by atoms with Gasteiger partial charge < -0.3 is 79.3 Å². The van der Waals surface area contributed by atoms with E-state index in [-0.39, 0.29) is 69.1 Å². The smallest absolute Gasteiger partial charge is 0.370 e. The highest BCUT2D eigenvalue weighted by Gasteiger charge is 2.45. The maximum absolute atomic E-state index is 14.7. The number of urea groups is 1. The summed E-state index contributed by atoms with van der Waals surface area (Å²) in [7, 11) is -5.38. The van der Waals surface area contributed by atoms with E-state index in [1.165, 1.54) is 20.8 Å². The fourth-order valence-electron chi connectivity index (χ4n) is 10.6. The number of phosphoric ester groups is 1. The molecule has 0 bridgehead atoms. The number of carbonyl (C=O) groups is 12. The molecule has 5 rings (SSSR count). The van der Waals surface area contributed by atoms with Crippen LogP contribution in [0.25, 0.3) is 10.8 Å². The normalized spacial score (nSPS) is 20.0. The zero-order valence-electron chi connectivity index (χ0n) is 50.6. The van der Waals surface area contributed by atoms with Gasteiger partial charge in [-0.2, -0.15) is 11.8 Å². The van der Waals surface area contributed by atoms with Crippen LogP contribution in [-0.4, -0.2) is 176 Å². The summed E-state index contributed by atoms with van der Waals surface area (Å²) >= 11 is 1.81. The number of benzene rings is 2. The molecule has 3 fully saturated rings. The first-order chi connectivity index (χ1) is 41.3. The molecule has 12 atom stereocenters. The number of primary amides is 2. The highest BCUT2D eigenvalue weighted by molar-refractivity contribution is 8.00. The zero-order chi connectivity index (χ0) is 65.2. The second-order valence-electron chi connectivity index (χ2n) is 23.6. The van der Waals surface area contributed by atoms with E-state index in [9.17, 15) is 71.9 Å². The van der Waals surface area contributed by atoms with Crippen molar-refractivity contribution < 1.29 is 76.4 Å². The number of nitrogens with zero attached hydrogens (tertiary/aromatic N) is 1. The molecule has 29 nitrogen and oxygen atoms in total. The second-order valence-corrected chi connectivity index (χ2v) is 26.1. The quantitative estimate of drug-likeness (QED) is 0.0235. The number of amides is 13. The summed E-state index contributed by atoms with van der Waals surface area (Å²) in [5, 5.41) is 28.5. The van der Waals surface area contributed by atoms with Gasteiger partial charge in [-0.15, -0.1) is 0 Å². The topological polar surface area (TPSA) is 447 Å². The third-order valence-corrected chi connectivity index (χ3v) is 17.5. The molecule has 31 heteroatoms. The van der Waals surface area contributed by atoms with E-state index >= 15 is 0 Å². The predicted octanol–water partition coefficient (Wildman–Crippen LogP) is -0.866. The molecule has 13 amide bonds. The minimum absolute atomic E-state index is 0.0316. The van der Waals surface area contributed by atoms with E-state index < -0.39 is 127 Å². The summed E-state index contributed by atoms with van der Waals surface area (Å²) in [5.74, 6) is -7.70. The Morgan fingerprint density at radius 1 is 0.750 bits per heavy atom. The first-order valence-electron chi connectivity index (χ1n) is 29.5. The monoisotopic (exact) mass is 1270 g/mol. The molecule has 88 heavy (non-hydrogen) atoms. The lowest BCUT2D eigenvalue weighted by molar-refractivity contribution is -0.145. The highest BCUT2D eigenvalue weighted by atomic mass is 32.2. The Hall–Kier alpha value is -7.40. The Kier molecular flexibility index (Phi) is 26.5. The van der Waals surface area contributed by atoms with Crippen LogP contribution in [0.4, 0.5) is 4.79 Å². The molecule has 486 valence electrons. The number of carbonyl (C=O) groups excluding carboxylic acids is 12. The minimum Gasteiger partial charge on any atom is -0.370 e. The fourth-order valence-corrected chi connectivity index (χ4v) is 12.7. The molecule has 16 N–H and O–H groups in total. The fraction of sp³-hybridized carbons (Fsp3) is 0.614. The van der Waals surface area contributed by atoms with Crippen LogP contribution in [0.15, 0.2) is 42.5 Å². The number of nitrogens with one attached hydrogen (secondary N) is 10. The number of hydrogen-bond donors (Lipinski definition) is 14. The lowest BCUT2D eigenvalue weighted by Gasteiger charge is -2.35. The SMILES string of the molecule is CC(=O)N[C@@H](CCCCNC(=O)CCCC[C@@H]1SC[C@@H]2NC(=O)N[C@@H]21)C(=O)N[C@@H](C)C(=O)N[C@@H](C)C(=O)N[C@@H](Cc1ccc2ccccc2c1)C(=O)N[C@H](C(=O)N1CCC[C@H]1C(=O)N[C@H](C(=O)N[C@@H](CCC(N)=O)C(N)=O)C(C)(C)C)[C@@H](C)OP(=O)(O)O. The minimum atomic E-state index is -5.38. The van der Waals surface area contributed by atoms with Crippen molar-refractivity contribution in [3.8, 4) is 0 Å². The average Bonchev–Trinajstić information content (AvgIpc) is 2.22. The summed E-state index contributed by atoms with van der Waals surface area (Å²) in [6, 6.07) is 1.38. The first-order valence-corrected chi connectivity index (χ1v) is 32.0. The van der Waals surface area contributed by atoms with Crippen molar-refractivity contribution >= 4 is 101 Å². The molecule has 2 aromatic carbocycles. The molecule has 0 aliphatic carbocycles. The van der Waals surface area contributed by atoms with Crippen LogP contribution in [0.3, 0.4) is 0 Å². The standard InChI is InChI=1S/C57H86N13O16PS/c1-30(62-51(77)38(63-33(4)71)17-12-13-25-60-44(73)20-11-10-19-42-46-40(29-88-42)66-56(82)68-46)49(75)61-31(2)50(76)65-39(28-34-21-22-35-15-8-9-16-36(35)27-34)52(78)67-45(32(3)86-87(83,84)85)55(81)70-26-14-18-41(70)53(79)69-47(57(5,6)7)54(80)64-37(48(59)74)23-24-43(58)72/h8-9,15-16,21-22,27,30-32,37-42,45-47H,10-14,17-20,23-26,28-29H2,1-7H3,(H2,58,72)(H2,59,74)(H,60,73)(H,61,75)(H,62,77)(H,63,71)(H,64,80)(H,65,76)(H,67,78)(H,69,79)(H2,66,68,82)(H2,83,84,85)/t30-,31-,32+,37-,38-,39-,40-,41-,42-,45-,46-,47+/m0/s1. The Labute approximate surface area is 514 Å². The summed E-state index contributed by atoms with van der Waals surface area (Å²) in [4.78, 5) is 179. The van der Waals surface area contributed by atoms with Crippen LogP contribution >= 0.6 is 19.6 Å². The van der Waals surface area contributed by atoms with Gasteiger partial charge in [-0.05, 0) is 93.9 Å². The third-order valence-electron chi connectivity index (χ3n) is 15.3. The van der Waals surface area contributed by atoms with E-state index in [0.29, 0.717) is 43.0 Å². The lowest BCUT2D eigenvalue weighted by Crippen LogP contribution is -2.62. The van der Waals surface area contributed by atoms with Crippen LogP contribution in [0.1, 0.15) is 125 Å². The van der Waals surface area contributed by atoms with Gasteiger partial charge in [0.1, 0.15) is 48.3 Å². The van der Waals surface area contributed by atoms with Crippen LogP contribution in [0.2, 0.25) is 0 Å². The largest absolute Gasteiger partial charge is 0.469 e. The zero-order valence-corrected chi connectivity index (χ0v) is 52.4. The number of thioether (sulfide) groups is 1. The molecular weight excluding hydrogens is 1190 g/mol. The van der Waals surface area contributed by atoms with Gasteiger partial charge in [0.05, 0.1) is 18.2 Å². The molecular formula is C57H86N13O16PS. The van der Waals surface area contributed by atoms with Crippen molar-refractivity contribution in [1.82, 2.24) is 58.1 Å². The van der Waals surface area contributed by atoms with E-state index in [4.69, 9.17) is 16.0 Å². The summed E-state index contributed by atoms with van der Waals surface area (Å²) in [6.07, 6.45) is 1.49. The Morgan fingerprint density at radius 3 is 2.05 bits per heavy atom. The van der Waals surface area contributed by atoms with Crippen LogP contribution in [0.5, 0.6) is 0 Å². The van der Waals surface area contributed by atoms with Crippen LogP contribution in [0, 0.1) is 5.41 Å². The van der Waals surface area contributed by atoms with E-state index in [1.807, 2.05) is 30.0 Å². The maximum Gasteiger partial charge on any atom is 0.469 e. The van der Waals surface area contributed by atoms with Crippen molar-refractivity contribution in [3.05, 3.63) is 48.0 Å². The maximum atomic E-state index is 14.7. The van der Waals surface area contributed by atoms with Crippen molar-refractivity contribution in [2.75, 3.05) is 18.8 Å². The van der Waals surface area contributed by atoms with E-state index in [0.717, 1.165) is 41.2 Å². The number of rotatable bonds is 33. The molecule has 3 heterocycles. The molecule has 0 saturated carbocycles. The second kappa shape index (κ2) is 32.7. The van der Waals surface area contributed by atoms with E-state index in [2.05, 4.69) is 53.2 Å². The van der Waals surface area contributed by atoms with Gasteiger partial charge in [-0.3, -0.25) is 57.3 Å². The number of hydrogen-bond acceptors (Lipinski definition) is 15. The molecule has 3 aliphatic rings. The highest BCUT2D eigenvalue weighted by Crippen LogP contribution is 2.39. The molecule has 2 aromatic rings. The average molecular weight is 1270 g/mol. The predicted molar refractivity (Wildman–Crippen MR) is 323 cm³/mol. The number of fused-ring (bicyclic) bond motifs is 2. The first kappa shape index (κ1) is 71.4. The van der Waals surface area contributed by atoms with Crippen molar-refractivity contribution in [1.29, 1.82) is 0 Å². The third kappa shape index (κ3) is 22.0. The van der Waals surface area contributed by atoms with Gasteiger partial charge >= 0.3 is 13.9 Å². The van der Waals surface area contributed by atoms with Crippen molar-refractivity contribution in [2.45, 2.75) is 197 Å². The van der Waals surface area contributed by atoms with Crippen molar-refractivity contribution in [3.63, 3.8) is 0 Å². The van der Waals surface area contributed by atoms with Gasteiger partial charge in [0, 0.05) is 50.3 Å². The Balaban J connectivity index is 1.23. The number of phosphoric acid groups is 1. The number of unbranched alkanes of at least 4 members (excludes halogenated alkanes) is 2. The lowest BCUT2D eigenvalue weighted by atomic mass is 9.85. The molecule has 3 saturated heterocycles. The summed E-state index contributed by atoms with van der Waals surface area (Å²) in [6.45, 7) is 10.0. The summed E-state index contributed by atoms with van der Waals surface area (Å²) < 4.78 is 17.2. The van der Waals surface area contributed by atoms with Gasteiger partial charge in [-0.25, -0.2) is 9.36 Å². The molecule has 3 aliphatic heterocycles. The van der Waals surface area contributed by atoms with E-state index in [1.54, 1.807) is 45.0 Å². The van der Waals surface area contributed by atoms with Gasteiger partial charge in [0.25, 0.3) is 0 Å². The van der Waals surface area contributed by atoms with Gasteiger partial charge in [-0.1, -0.05) is 69.7 Å². The van der Waals surface area contributed by atoms with Gasteiger partial charge in [0.2, 0.25) is 65.0 Å². The number of likely N-dealkylation sites (tertiary alicyclic amines) is 1. The molecule has 0 aromatic heterocycles. The Bertz CT molecular complexity index is 2950.